The third-order valence-electron chi connectivity index (χ3n) is 3.87. The molecule has 2 heterocycles. The van der Waals surface area contributed by atoms with E-state index in [1.807, 2.05) is 29.2 Å². The van der Waals surface area contributed by atoms with Crippen LogP contribution in [0.5, 0.6) is 0 Å². The topological polar surface area (TPSA) is 61.9 Å². The number of carbonyl (C=O) groups is 1. The summed E-state index contributed by atoms with van der Waals surface area (Å²) in [5.41, 5.74) is 2.37. The van der Waals surface area contributed by atoms with Crippen LogP contribution >= 0.6 is 11.8 Å². The normalized spacial score (nSPS) is 14.7. The minimum absolute atomic E-state index is 0.175. The molecule has 1 amide bonds. The molecule has 120 valence electrons. The Bertz CT molecular complexity index is 704. The zero-order valence-corrected chi connectivity index (χ0v) is 14.0. The molecule has 0 unspecified atom stereocenters. The van der Waals surface area contributed by atoms with Gasteiger partial charge in [0, 0.05) is 13.1 Å². The monoisotopic (exact) mass is 328 g/mol. The quantitative estimate of drug-likeness (QED) is 0.857. The van der Waals surface area contributed by atoms with Gasteiger partial charge in [-0.05, 0) is 37.0 Å². The van der Waals surface area contributed by atoms with Gasteiger partial charge in [-0.25, -0.2) is 4.98 Å². The summed E-state index contributed by atoms with van der Waals surface area (Å²) in [6.07, 6.45) is 6.15. The molecule has 1 aromatic heterocycles. The van der Waals surface area contributed by atoms with Gasteiger partial charge < -0.3 is 4.90 Å². The van der Waals surface area contributed by atoms with Gasteiger partial charge in [0.2, 0.25) is 11.1 Å². The molecule has 0 atom stereocenters. The third-order valence-corrected chi connectivity index (χ3v) is 4.71. The van der Waals surface area contributed by atoms with Gasteiger partial charge in [0.25, 0.3) is 0 Å². The van der Waals surface area contributed by atoms with E-state index in [2.05, 4.69) is 34.2 Å². The molecule has 1 aliphatic heterocycles. The van der Waals surface area contributed by atoms with Gasteiger partial charge >= 0.3 is 0 Å². The molecule has 0 spiro atoms. The first-order chi connectivity index (χ1) is 11.2. The number of aromatic amines is 1. The number of H-pyrrole nitrogens is 1. The highest BCUT2D eigenvalue weighted by molar-refractivity contribution is 7.99. The highest BCUT2D eigenvalue weighted by Crippen LogP contribution is 2.17. The molecule has 23 heavy (non-hydrogen) atoms. The van der Waals surface area contributed by atoms with Crippen LogP contribution in [0.15, 0.2) is 29.4 Å². The number of nitrogens with zero attached hydrogens (tertiary/aromatic N) is 3. The Labute approximate surface area is 140 Å². The lowest BCUT2D eigenvalue weighted by atomic mass is 10.1. The largest absolute Gasteiger partial charge is 0.342 e. The summed E-state index contributed by atoms with van der Waals surface area (Å²) in [4.78, 5) is 18.3. The molecule has 0 saturated carbocycles. The van der Waals surface area contributed by atoms with E-state index in [9.17, 15) is 4.79 Å². The van der Waals surface area contributed by atoms with E-state index in [0.29, 0.717) is 16.7 Å². The predicted octanol–water partition coefficient (Wildman–Crippen LogP) is 3.00. The number of carbonyl (C=O) groups excluding carboxylic acids is 1. The summed E-state index contributed by atoms with van der Waals surface area (Å²) >= 11 is 1.38. The Kier molecular flexibility index (Phi) is 5.12. The molecule has 0 aliphatic carbocycles. The van der Waals surface area contributed by atoms with E-state index in [4.69, 9.17) is 0 Å². The molecule has 1 N–H and O–H groups in total. The van der Waals surface area contributed by atoms with Crippen molar-refractivity contribution < 1.29 is 4.79 Å². The van der Waals surface area contributed by atoms with Crippen LogP contribution in [-0.2, 0) is 4.79 Å². The van der Waals surface area contributed by atoms with Crippen LogP contribution in [0.25, 0.3) is 12.2 Å². The molecule has 1 aromatic carbocycles. The van der Waals surface area contributed by atoms with Crippen molar-refractivity contribution in [2.45, 2.75) is 24.9 Å². The van der Waals surface area contributed by atoms with Gasteiger partial charge in [0.1, 0.15) is 5.82 Å². The van der Waals surface area contributed by atoms with Crippen molar-refractivity contribution >= 4 is 29.8 Å². The van der Waals surface area contributed by atoms with Crippen LogP contribution in [0.3, 0.4) is 0 Å². The maximum absolute atomic E-state index is 12.0. The van der Waals surface area contributed by atoms with Gasteiger partial charge in [0.05, 0.1) is 5.75 Å². The number of benzene rings is 1. The van der Waals surface area contributed by atoms with Gasteiger partial charge in [-0.2, -0.15) is 0 Å². The molecular formula is C17H20N4OS. The SMILES string of the molecule is Cc1ccccc1C=Cc1nc(SCC(=O)N2CCCC2)n[nH]1. The second-order valence-corrected chi connectivity index (χ2v) is 6.51. The Morgan fingerprint density at radius 3 is 2.87 bits per heavy atom. The number of amides is 1. The standard InChI is InChI=1S/C17H20N4OS/c1-13-6-2-3-7-14(13)8-9-15-18-17(20-19-15)23-12-16(22)21-10-4-5-11-21/h2-3,6-9H,4-5,10-12H2,1H3,(H,18,19,20). The molecule has 1 fully saturated rings. The maximum atomic E-state index is 12.0. The number of aromatic nitrogens is 3. The average Bonchev–Trinajstić information content (AvgIpc) is 3.24. The summed E-state index contributed by atoms with van der Waals surface area (Å²) < 4.78 is 0. The number of nitrogens with one attached hydrogen (secondary N) is 1. The van der Waals surface area contributed by atoms with Crippen molar-refractivity contribution in [1.29, 1.82) is 0 Å². The van der Waals surface area contributed by atoms with Crippen LogP contribution in [0.1, 0.15) is 29.8 Å². The summed E-state index contributed by atoms with van der Waals surface area (Å²) in [5.74, 6) is 1.28. The number of hydrogen-bond donors (Lipinski definition) is 1. The molecular weight excluding hydrogens is 308 g/mol. The van der Waals surface area contributed by atoms with Crippen molar-refractivity contribution in [2.24, 2.45) is 0 Å². The summed E-state index contributed by atoms with van der Waals surface area (Å²) in [6, 6.07) is 8.17. The Hall–Kier alpha value is -2.08. The molecule has 0 radical (unpaired) electrons. The Morgan fingerprint density at radius 2 is 2.09 bits per heavy atom. The van der Waals surface area contributed by atoms with E-state index in [1.165, 1.54) is 17.3 Å². The lowest BCUT2D eigenvalue weighted by molar-refractivity contribution is -0.127. The Balaban J connectivity index is 1.55. The van der Waals surface area contributed by atoms with E-state index >= 15 is 0 Å². The van der Waals surface area contributed by atoms with E-state index in [0.717, 1.165) is 31.5 Å². The highest BCUT2D eigenvalue weighted by Gasteiger charge is 2.18. The van der Waals surface area contributed by atoms with Crippen LogP contribution in [-0.4, -0.2) is 44.8 Å². The first kappa shape index (κ1) is 15.8. The van der Waals surface area contributed by atoms with Gasteiger partial charge in [-0.3, -0.25) is 9.89 Å². The van der Waals surface area contributed by atoms with Gasteiger partial charge in [-0.15, -0.1) is 5.10 Å². The second kappa shape index (κ2) is 7.46. The fourth-order valence-electron chi connectivity index (χ4n) is 2.52. The van der Waals surface area contributed by atoms with Crippen LogP contribution in [0.2, 0.25) is 0 Å². The lowest BCUT2D eigenvalue weighted by Crippen LogP contribution is -2.29. The van der Waals surface area contributed by atoms with Crippen LogP contribution < -0.4 is 0 Å². The predicted molar refractivity (Wildman–Crippen MR) is 93.0 cm³/mol. The van der Waals surface area contributed by atoms with Crippen molar-refractivity contribution in [1.82, 2.24) is 20.1 Å². The van der Waals surface area contributed by atoms with Crippen molar-refractivity contribution in [2.75, 3.05) is 18.8 Å². The summed E-state index contributed by atoms with van der Waals surface area (Å²) in [7, 11) is 0. The minimum atomic E-state index is 0.175. The summed E-state index contributed by atoms with van der Waals surface area (Å²) in [6.45, 7) is 3.85. The molecule has 1 aliphatic rings. The fraction of sp³-hybridized carbons (Fsp3) is 0.353. The van der Waals surface area contributed by atoms with E-state index in [-0.39, 0.29) is 5.91 Å². The molecule has 2 aromatic rings. The average molecular weight is 328 g/mol. The zero-order chi connectivity index (χ0) is 16.1. The first-order valence-electron chi connectivity index (χ1n) is 7.79. The number of likely N-dealkylation sites (tertiary alicyclic amines) is 1. The Morgan fingerprint density at radius 1 is 1.30 bits per heavy atom. The fourth-order valence-corrected chi connectivity index (χ4v) is 3.23. The summed E-state index contributed by atoms with van der Waals surface area (Å²) in [5, 5.41) is 7.66. The number of rotatable bonds is 5. The molecule has 0 bridgehead atoms. The van der Waals surface area contributed by atoms with Crippen LogP contribution in [0, 0.1) is 6.92 Å². The number of hydrogen-bond acceptors (Lipinski definition) is 4. The third kappa shape index (κ3) is 4.22. The second-order valence-electron chi connectivity index (χ2n) is 5.57. The van der Waals surface area contributed by atoms with Crippen molar-refractivity contribution in [3.8, 4) is 0 Å². The molecule has 6 heteroatoms. The molecule has 5 nitrogen and oxygen atoms in total. The smallest absolute Gasteiger partial charge is 0.233 e. The minimum Gasteiger partial charge on any atom is -0.342 e. The number of thioether (sulfide) groups is 1. The first-order valence-corrected chi connectivity index (χ1v) is 8.77. The van der Waals surface area contributed by atoms with Gasteiger partial charge in [0.15, 0.2) is 0 Å². The highest BCUT2D eigenvalue weighted by atomic mass is 32.2. The molecule has 1 saturated heterocycles. The number of aryl methyl sites for hydroxylation is 1. The van der Waals surface area contributed by atoms with Crippen LogP contribution in [0.4, 0.5) is 0 Å². The lowest BCUT2D eigenvalue weighted by Gasteiger charge is -2.13. The van der Waals surface area contributed by atoms with Crippen molar-refractivity contribution in [3.63, 3.8) is 0 Å². The van der Waals surface area contributed by atoms with E-state index in [1.54, 1.807) is 0 Å². The maximum Gasteiger partial charge on any atom is 0.233 e. The van der Waals surface area contributed by atoms with Gasteiger partial charge in [-0.1, -0.05) is 42.1 Å². The van der Waals surface area contributed by atoms with Crippen molar-refractivity contribution in [3.05, 3.63) is 41.2 Å². The zero-order valence-electron chi connectivity index (χ0n) is 13.2. The van der Waals surface area contributed by atoms with E-state index < -0.39 is 0 Å². The molecule has 3 rings (SSSR count).